The molecule has 0 amide bonds. The SMILES string of the molecule is CNCc1ccc(CS(=O)(=O)Nc2ncc(C)s2)cc1. The van der Waals surface area contributed by atoms with Crippen molar-refractivity contribution in [3.63, 3.8) is 0 Å². The summed E-state index contributed by atoms with van der Waals surface area (Å²) in [6.45, 7) is 2.65. The van der Waals surface area contributed by atoms with E-state index < -0.39 is 10.0 Å². The highest BCUT2D eigenvalue weighted by atomic mass is 32.2. The zero-order valence-electron chi connectivity index (χ0n) is 11.4. The first-order valence-electron chi connectivity index (χ1n) is 6.14. The van der Waals surface area contributed by atoms with Gasteiger partial charge in [0, 0.05) is 17.6 Å². The molecule has 0 unspecified atom stereocenters. The molecule has 1 aromatic carbocycles. The summed E-state index contributed by atoms with van der Waals surface area (Å²) in [5, 5.41) is 3.46. The molecule has 20 heavy (non-hydrogen) atoms. The predicted molar refractivity (Wildman–Crippen MR) is 82.3 cm³/mol. The van der Waals surface area contributed by atoms with Crippen molar-refractivity contribution < 1.29 is 8.42 Å². The Bertz CT molecular complexity index is 663. The van der Waals surface area contributed by atoms with Crippen LogP contribution >= 0.6 is 11.3 Å². The van der Waals surface area contributed by atoms with Gasteiger partial charge >= 0.3 is 0 Å². The zero-order chi connectivity index (χ0) is 14.6. The molecule has 2 N–H and O–H groups in total. The fourth-order valence-corrected chi connectivity index (χ4v) is 3.83. The summed E-state index contributed by atoms with van der Waals surface area (Å²) in [5.41, 5.74) is 1.88. The van der Waals surface area contributed by atoms with E-state index in [0.29, 0.717) is 5.13 Å². The summed E-state index contributed by atoms with van der Waals surface area (Å²) in [5.74, 6) is -0.0501. The third kappa shape index (κ3) is 4.29. The van der Waals surface area contributed by atoms with Gasteiger partial charge in [0.2, 0.25) is 10.0 Å². The lowest BCUT2D eigenvalue weighted by Gasteiger charge is -2.06. The summed E-state index contributed by atoms with van der Waals surface area (Å²) < 4.78 is 26.6. The second-order valence-corrected chi connectivity index (χ2v) is 7.44. The number of aromatic nitrogens is 1. The van der Waals surface area contributed by atoms with E-state index in [0.717, 1.165) is 22.5 Å². The lowest BCUT2D eigenvalue weighted by molar-refractivity contribution is 0.600. The summed E-state index contributed by atoms with van der Waals surface area (Å²) in [6.07, 6.45) is 1.65. The Kier molecular flexibility index (Phi) is 4.74. The van der Waals surface area contributed by atoms with Crippen LogP contribution in [0.5, 0.6) is 0 Å². The molecule has 0 aliphatic carbocycles. The van der Waals surface area contributed by atoms with E-state index in [4.69, 9.17) is 0 Å². The first kappa shape index (κ1) is 15.0. The van der Waals surface area contributed by atoms with E-state index in [-0.39, 0.29) is 5.75 Å². The molecule has 0 saturated carbocycles. The van der Waals surface area contributed by atoms with E-state index in [2.05, 4.69) is 15.0 Å². The minimum Gasteiger partial charge on any atom is -0.316 e. The zero-order valence-corrected chi connectivity index (χ0v) is 13.0. The Hall–Kier alpha value is -1.44. The van der Waals surface area contributed by atoms with Crippen molar-refractivity contribution in [1.82, 2.24) is 10.3 Å². The van der Waals surface area contributed by atoms with Gasteiger partial charge < -0.3 is 5.32 Å². The second-order valence-electron chi connectivity index (χ2n) is 4.48. The lowest BCUT2D eigenvalue weighted by atomic mass is 10.1. The Morgan fingerprint density at radius 2 is 1.85 bits per heavy atom. The highest BCUT2D eigenvalue weighted by Crippen LogP contribution is 2.19. The summed E-state index contributed by atoms with van der Waals surface area (Å²) in [4.78, 5) is 4.97. The quantitative estimate of drug-likeness (QED) is 0.857. The maximum atomic E-state index is 12.0. The number of thiazole rings is 1. The molecule has 0 aliphatic rings. The van der Waals surface area contributed by atoms with Crippen LogP contribution in [0, 0.1) is 6.92 Å². The van der Waals surface area contributed by atoms with E-state index in [1.165, 1.54) is 11.3 Å². The first-order valence-corrected chi connectivity index (χ1v) is 8.61. The molecular weight excluding hydrogens is 294 g/mol. The van der Waals surface area contributed by atoms with Crippen LogP contribution in [0.15, 0.2) is 30.5 Å². The molecule has 5 nitrogen and oxygen atoms in total. The van der Waals surface area contributed by atoms with Crippen LogP contribution in [0.2, 0.25) is 0 Å². The average molecular weight is 311 g/mol. The highest BCUT2D eigenvalue weighted by molar-refractivity contribution is 7.92. The molecule has 0 fully saturated rings. The minimum absolute atomic E-state index is 0.0501. The van der Waals surface area contributed by atoms with Gasteiger partial charge in [-0.15, -0.1) is 11.3 Å². The third-order valence-electron chi connectivity index (χ3n) is 2.62. The number of rotatable bonds is 6. The van der Waals surface area contributed by atoms with Gasteiger partial charge in [-0.25, -0.2) is 13.4 Å². The van der Waals surface area contributed by atoms with Crippen molar-refractivity contribution in [3.05, 3.63) is 46.5 Å². The molecule has 7 heteroatoms. The maximum Gasteiger partial charge on any atom is 0.238 e. The topological polar surface area (TPSA) is 71.1 Å². The molecule has 0 aliphatic heterocycles. The summed E-state index contributed by atoms with van der Waals surface area (Å²) in [6, 6.07) is 7.52. The van der Waals surface area contributed by atoms with Crippen molar-refractivity contribution in [1.29, 1.82) is 0 Å². The van der Waals surface area contributed by atoms with Crippen molar-refractivity contribution in [2.24, 2.45) is 0 Å². The molecule has 1 aromatic heterocycles. The van der Waals surface area contributed by atoms with Crippen LogP contribution in [0.3, 0.4) is 0 Å². The second kappa shape index (κ2) is 6.34. The molecule has 0 saturated heterocycles. The number of nitrogens with zero attached hydrogens (tertiary/aromatic N) is 1. The first-order chi connectivity index (χ1) is 9.48. The number of aryl methyl sites for hydroxylation is 1. The van der Waals surface area contributed by atoms with Gasteiger partial charge in [-0.2, -0.15) is 0 Å². The van der Waals surface area contributed by atoms with E-state index in [1.54, 1.807) is 6.20 Å². The van der Waals surface area contributed by atoms with Crippen LogP contribution in [-0.4, -0.2) is 20.4 Å². The number of nitrogens with one attached hydrogen (secondary N) is 2. The molecular formula is C13H17N3O2S2. The van der Waals surface area contributed by atoms with Crippen LogP contribution in [0.1, 0.15) is 16.0 Å². The molecule has 2 rings (SSSR count). The average Bonchev–Trinajstić information content (AvgIpc) is 2.76. The highest BCUT2D eigenvalue weighted by Gasteiger charge is 2.13. The van der Waals surface area contributed by atoms with Gasteiger partial charge in [-0.05, 0) is 25.1 Å². The van der Waals surface area contributed by atoms with Gasteiger partial charge in [0.25, 0.3) is 0 Å². The van der Waals surface area contributed by atoms with E-state index in [9.17, 15) is 8.42 Å². The largest absolute Gasteiger partial charge is 0.316 e. The standard InChI is InChI=1S/C13H17N3O2S2/c1-10-7-15-13(19-10)16-20(17,18)9-12-5-3-11(4-6-12)8-14-2/h3-7,14H,8-9H2,1-2H3,(H,15,16). The number of anilines is 1. The smallest absolute Gasteiger partial charge is 0.238 e. The minimum atomic E-state index is -3.42. The van der Waals surface area contributed by atoms with Crippen molar-refractivity contribution in [2.75, 3.05) is 11.8 Å². The Balaban J connectivity index is 2.04. The third-order valence-corrected chi connectivity index (χ3v) is 4.80. The Morgan fingerprint density at radius 3 is 2.40 bits per heavy atom. The van der Waals surface area contributed by atoms with Gasteiger partial charge in [-0.3, -0.25) is 4.72 Å². The van der Waals surface area contributed by atoms with Gasteiger partial charge in [0.15, 0.2) is 5.13 Å². The van der Waals surface area contributed by atoms with Crippen molar-refractivity contribution in [2.45, 2.75) is 19.2 Å². The number of hydrogen-bond donors (Lipinski definition) is 2. The number of hydrogen-bond acceptors (Lipinski definition) is 5. The van der Waals surface area contributed by atoms with Gasteiger partial charge in [0.1, 0.15) is 0 Å². The van der Waals surface area contributed by atoms with Crippen LogP contribution in [-0.2, 0) is 22.3 Å². The molecule has 0 spiro atoms. The molecule has 0 bridgehead atoms. The van der Waals surface area contributed by atoms with Gasteiger partial charge in [0.05, 0.1) is 5.75 Å². The van der Waals surface area contributed by atoms with Crippen LogP contribution in [0.25, 0.3) is 0 Å². The fraction of sp³-hybridized carbons (Fsp3) is 0.308. The van der Waals surface area contributed by atoms with Crippen LogP contribution in [0.4, 0.5) is 5.13 Å². The molecule has 2 aromatic rings. The Labute approximate surface area is 123 Å². The number of sulfonamides is 1. The molecule has 1 heterocycles. The number of benzene rings is 1. The molecule has 0 atom stereocenters. The van der Waals surface area contributed by atoms with Crippen LogP contribution < -0.4 is 10.0 Å². The normalized spacial score (nSPS) is 11.5. The van der Waals surface area contributed by atoms with E-state index >= 15 is 0 Å². The Morgan fingerprint density at radius 1 is 1.20 bits per heavy atom. The maximum absolute atomic E-state index is 12.0. The molecule has 108 valence electrons. The fourth-order valence-electron chi connectivity index (χ4n) is 1.75. The predicted octanol–water partition coefficient (Wildman–Crippen LogP) is 2.11. The van der Waals surface area contributed by atoms with E-state index in [1.807, 2.05) is 38.2 Å². The molecule has 0 radical (unpaired) electrons. The lowest BCUT2D eigenvalue weighted by Crippen LogP contribution is -2.15. The van der Waals surface area contributed by atoms with Crippen molar-refractivity contribution >= 4 is 26.5 Å². The monoisotopic (exact) mass is 311 g/mol. The van der Waals surface area contributed by atoms with Crippen molar-refractivity contribution in [3.8, 4) is 0 Å². The summed E-state index contributed by atoms with van der Waals surface area (Å²) in [7, 11) is -1.54. The van der Waals surface area contributed by atoms with Gasteiger partial charge in [-0.1, -0.05) is 24.3 Å². The summed E-state index contributed by atoms with van der Waals surface area (Å²) >= 11 is 1.32.